The molecular formula is C13H25NO. The zero-order valence-corrected chi connectivity index (χ0v) is 10.0. The predicted octanol–water partition coefficient (Wildman–Crippen LogP) is 2.72. The van der Waals surface area contributed by atoms with Gasteiger partial charge in [0, 0.05) is 19.2 Å². The highest BCUT2D eigenvalue weighted by atomic mass is 16.5. The van der Waals surface area contributed by atoms with Gasteiger partial charge in [0.2, 0.25) is 0 Å². The molecule has 2 nitrogen and oxygen atoms in total. The summed E-state index contributed by atoms with van der Waals surface area (Å²) in [4.78, 5) is 0. The van der Waals surface area contributed by atoms with Crippen molar-refractivity contribution in [1.29, 1.82) is 0 Å². The van der Waals surface area contributed by atoms with Gasteiger partial charge in [0.25, 0.3) is 0 Å². The van der Waals surface area contributed by atoms with Crippen molar-refractivity contribution >= 4 is 0 Å². The van der Waals surface area contributed by atoms with Crippen molar-refractivity contribution in [2.45, 2.75) is 64.0 Å². The van der Waals surface area contributed by atoms with Crippen molar-refractivity contribution < 1.29 is 4.74 Å². The lowest BCUT2D eigenvalue weighted by atomic mass is 9.83. The minimum absolute atomic E-state index is 0.504. The van der Waals surface area contributed by atoms with Crippen molar-refractivity contribution in [2.24, 2.45) is 5.92 Å². The van der Waals surface area contributed by atoms with E-state index in [0.717, 1.165) is 25.1 Å². The topological polar surface area (TPSA) is 21.3 Å². The molecule has 0 aromatic carbocycles. The van der Waals surface area contributed by atoms with E-state index in [1.807, 2.05) is 0 Å². The summed E-state index contributed by atoms with van der Waals surface area (Å²) < 4.78 is 5.65. The maximum Gasteiger partial charge on any atom is 0.0700 e. The SMILES string of the molecule is CCC1CCCCC1NCC1CCCO1. The Hall–Kier alpha value is -0.0800. The highest BCUT2D eigenvalue weighted by Crippen LogP contribution is 2.27. The van der Waals surface area contributed by atoms with Crippen LogP contribution in [0.1, 0.15) is 51.9 Å². The van der Waals surface area contributed by atoms with Gasteiger partial charge in [-0.2, -0.15) is 0 Å². The van der Waals surface area contributed by atoms with Gasteiger partial charge >= 0.3 is 0 Å². The maximum absolute atomic E-state index is 5.65. The van der Waals surface area contributed by atoms with E-state index in [2.05, 4.69) is 12.2 Å². The fourth-order valence-electron chi connectivity index (χ4n) is 3.05. The Kier molecular flexibility index (Phi) is 4.45. The summed E-state index contributed by atoms with van der Waals surface area (Å²) in [5, 5.41) is 3.74. The van der Waals surface area contributed by atoms with Crippen LogP contribution in [0, 0.1) is 5.92 Å². The van der Waals surface area contributed by atoms with Crippen LogP contribution in [0.2, 0.25) is 0 Å². The molecule has 0 aromatic rings. The first-order valence-electron chi connectivity index (χ1n) is 6.75. The van der Waals surface area contributed by atoms with Gasteiger partial charge in [-0.05, 0) is 31.6 Å². The zero-order chi connectivity index (χ0) is 10.5. The maximum atomic E-state index is 5.65. The lowest BCUT2D eigenvalue weighted by molar-refractivity contribution is 0.101. The molecule has 3 unspecified atom stereocenters. The van der Waals surface area contributed by atoms with E-state index >= 15 is 0 Å². The first kappa shape index (κ1) is 11.4. The Morgan fingerprint density at radius 1 is 1.13 bits per heavy atom. The van der Waals surface area contributed by atoms with Crippen LogP contribution in [-0.4, -0.2) is 25.3 Å². The van der Waals surface area contributed by atoms with Crippen molar-refractivity contribution in [3.63, 3.8) is 0 Å². The van der Waals surface area contributed by atoms with Gasteiger partial charge in [-0.3, -0.25) is 0 Å². The molecule has 1 saturated carbocycles. The Morgan fingerprint density at radius 2 is 2.00 bits per heavy atom. The van der Waals surface area contributed by atoms with Crippen LogP contribution in [0.15, 0.2) is 0 Å². The zero-order valence-electron chi connectivity index (χ0n) is 10.0. The molecule has 2 heteroatoms. The minimum atomic E-state index is 0.504. The lowest BCUT2D eigenvalue weighted by Gasteiger charge is -2.32. The number of hydrogen-bond acceptors (Lipinski definition) is 2. The second-order valence-electron chi connectivity index (χ2n) is 5.10. The van der Waals surface area contributed by atoms with E-state index in [9.17, 15) is 0 Å². The van der Waals surface area contributed by atoms with Crippen LogP contribution in [-0.2, 0) is 4.74 Å². The minimum Gasteiger partial charge on any atom is -0.377 e. The monoisotopic (exact) mass is 211 g/mol. The summed E-state index contributed by atoms with van der Waals surface area (Å²) >= 11 is 0. The smallest absolute Gasteiger partial charge is 0.0700 e. The lowest BCUT2D eigenvalue weighted by Crippen LogP contribution is -2.41. The molecule has 0 aromatic heterocycles. The Labute approximate surface area is 93.8 Å². The second kappa shape index (κ2) is 5.86. The summed E-state index contributed by atoms with van der Waals surface area (Å²) in [6, 6.07) is 0.771. The molecule has 1 aliphatic heterocycles. The summed E-state index contributed by atoms with van der Waals surface area (Å²) in [6.07, 6.45) is 10.0. The molecule has 2 rings (SSSR count). The van der Waals surface area contributed by atoms with E-state index < -0.39 is 0 Å². The Morgan fingerprint density at radius 3 is 2.73 bits per heavy atom. The van der Waals surface area contributed by atoms with Crippen LogP contribution in [0.3, 0.4) is 0 Å². The molecular weight excluding hydrogens is 186 g/mol. The molecule has 1 heterocycles. The largest absolute Gasteiger partial charge is 0.377 e. The summed E-state index contributed by atoms with van der Waals surface area (Å²) in [6.45, 7) is 4.39. The third-order valence-corrected chi connectivity index (χ3v) is 4.07. The van der Waals surface area contributed by atoms with E-state index in [1.165, 1.54) is 44.9 Å². The van der Waals surface area contributed by atoms with Gasteiger partial charge in [0.05, 0.1) is 6.10 Å². The summed E-state index contributed by atoms with van der Waals surface area (Å²) in [7, 11) is 0. The molecule has 0 bridgehead atoms. The average Bonchev–Trinajstić information content (AvgIpc) is 2.79. The van der Waals surface area contributed by atoms with Crippen LogP contribution < -0.4 is 5.32 Å². The normalized spacial score (nSPS) is 37.0. The average molecular weight is 211 g/mol. The first-order valence-corrected chi connectivity index (χ1v) is 6.75. The Bertz CT molecular complexity index is 177. The van der Waals surface area contributed by atoms with E-state index in [-0.39, 0.29) is 0 Å². The number of hydrogen-bond donors (Lipinski definition) is 1. The van der Waals surface area contributed by atoms with Crippen molar-refractivity contribution in [3.8, 4) is 0 Å². The first-order chi connectivity index (χ1) is 7.40. The fourth-order valence-corrected chi connectivity index (χ4v) is 3.05. The van der Waals surface area contributed by atoms with Gasteiger partial charge in [-0.15, -0.1) is 0 Å². The van der Waals surface area contributed by atoms with Gasteiger partial charge in [-0.1, -0.05) is 26.2 Å². The molecule has 2 fully saturated rings. The molecule has 1 N–H and O–H groups in total. The van der Waals surface area contributed by atoms with Crippen LogP contribution in [0.25, 0.3) is 0 Å². The van der Waals surface area contributed by atoms with E-state index in [0.29, 0.717) is 6.10 Å². The highest BCUT2D eigenvalue weighted by Gasteiger charge is 2.24. The molecule has 15 heavy (non-hydrogen) atoms. The van der Waals surface area contributed by atoms with E-state index in [1.54, 1.807) is 0 Å². The number of ether oxygens (including phenoxy) is 1. The van der Waals surface area contributed by atoms with Gasteiger partial charge in [0.15, 0.2) is 0 Å². The summed E-state index contributed by atoms with van der Waals surface area (Å²) in [5.74, 6) is 0.917. The van der Waals surface area contributed by atoms with Gasteiger partial charge in [-0.25, -0.2) is 0 Å². The molecule has 1 aliphatic carbocycles. The van der Waals surface area contributed by atoms with Crippen molar-refractivity contribution in [2.75, 3.05) is 13.2 Å². The standard InChI is InChI=1S/C13H25NO/c1-2-11-6-3-4-8-13(11)14-10-12-7-5-9-15-12/h11-14H,2-10H2,1H3. The molecule has 0 radical (unpaired) electrons. The van der Waals surface area contributed by atoms with Crippen LogP contribution in [0.4, 0.5) is 0 Å². The van der Waals surface area contributed by atoms with Gasteiger partial charge in [0.1, 0.15) is 0 Å². The molecule has 2 aliphatic rings. The second-order valence-corrected chi connectivity index (χ2v) is 5.10. The molecule has 3 atom stereocenters. The van der Waals surface area contributed by atoms with E-state index in [4.69, 9.17) is 4.74 Å². The molecule has 0 amide bonds. The van der Waals surface area contributed by atoms with Crippen LogP contribution >= 0.6 is 0 Å². The number of rotatable bonds is 4. The molecule has 1 saturated heterocycles. The van der Waals surface area contributed by atoms with Gasteiger partial charge < -0.3 is 10.1 Å². The predicted molar refractivity (Wildman–Crippen MR) is 63.0 cm³/mol. The summed E-state index contributed by atoms with van der Waals surface area (Å²) in [5.41, 5.74) is 0. The quantitative estimate of drug-likeness (QED) is 0.772. The molecule has 0 spiro atoms. The third-order valence-electron chi connectivity index (χ3n) is 4.07. The fraction of sp³-hybridized carbons (Fsp3) is 1.00. The van der Waals surface area contributed by atoms with Crippen molar-refractivity contribution in [1.82, 2.24) is 5.32 Å². The van der Waals surface area contributed by atoms with Crippen LogP contribution in [0.5, 0.6) is 0 Å². The molecule has 88 valence electrons. The highest BCUT2D eigenvalue weighted by molar-refractivity contribution is 4.81. The number of nitrogens with one attached hydrogen (secondary N) is 1. The van der Waals surface area contributed by atoms with Crippen molar-refractivity contribution in [3.05, 3.63) is 0 Å². The Balaban J connectivity index is 1.71. The third kappa shape index (κ3) is 3.18.